The lowest BCUT2D eigenvalue weighted by Crippen LogP contribution is -2.14. The highest BCUT2D eigenvalue weighted by Gasteiger charge is 2.30. The summed E-state index contributed by atoms with van der Waals surface area (Å²) in [5.41, 5.74) is 9.58. The molecule has 7 rings (SSSR count). The van der Waals surface area contributed by atoms with Gasteiger partial charge in [-0.1, -0.05) is 55.9 Å². The molecule has 1 saturated carbocycles. The van der Waals surface area contributed by atoms with Gasteiger partial charge in [0.2, 0.25) is 0 Å². The molecule has 0 bridgehead atoms. The number of aromatic nitrogens is 1. The second-order valence-corrected chi connectivity index (χ2v) is 11.3. The van der Waals surface area contributed by atoms with Crippen LogP contribution in [-0.4, -0.2) is 4.57 Å². The maximum Gasteiger partial charge on any atom is 0.0609 e. The van der Waals surface area contributed by atoms with E-state index < -0.39 is 0 Å². The Balaban J connectivity index is 1.51. The van der Waals surface area contributed by atoms with E-state index in [1.165, 1.54) is 67.9 Å². The number of benzene rings is 4. The molecule has 0 N–H and O–H groups in total. The highest BCUT2D eigenvalue weighted by molar-refractivity contribution is 7.99. The van der Waals surface area contributed by atoms with Crippen LogP contribution in [0.25, 0.3) is 21.8 Å². The molecule has 1 atom stereocenters. The minimum Gasteiger partial charge on any atom is -0.344 e. The third kappa shape index (κ3) is 3.25. The molecule has 4 aromatic carbocycles. The molecule has 2 heterocycles. The topological polar surface area (TPSA) is 8.17 Å². The first-order valence-corrected chi connectivity index (χ1v) is 13.7. The fourth-order valence-electron chi connectivity index (χ4n) is 5.78. The fourth-order valence-corrected chi connectivity index (χ4v) is 6.85. The largest absolute Gasteiger partial charge is 0.344 e. The smallest absolute Gasteiger partial charge is 0.0609 e. The van der Waals surface area contributed by atoms with E-state index in [-0.39, 0.29) is 0 Å². The van der Waals surface area contributed by atoms with Crippen molar-refractivity contribution >= 4 is 50.6 Å². The van der Waals surface area contributed by atoms with Crippen molar-refractivity contribution in [1.82, 2.24) is 4.57 Å². The minimum absolute atomic E-state index is 0.597. The molecule has 3 heteroatoms. The number of fused-ring (bicyclic) bond motifs is 5. The molecule has 1 aliphatic heterocycles. The Labute approximate surface area is 211 Å². The molecule has 1 aliphatic carbocycles. The van der Waals surface area contributed by atoms with E-state index in [0.29, 0.717) is 5.92 Å². The fraction of sp³-hybridized carbons (Fsp3) is 0.250. The molecule has 35 heavy (non-hydrogen) atoms. The quantitative estimate of drug-likeness (QED) is 0.251. The number of para-hydroxylation sites is 2. The van der Waals surface area contributed by atoms with Gasteiger partial charge in [-0.25, -0.2) is 0 Å². The van der Waals surface area contributed by atoms with E-state index >= 15 is 0 Å². The third-order valence-electron chi connectivity index (χ3n) is 8.03. The lowest BCUT2D eigenvalue weighted by molar-refractivity contribution is 0.723. The first-order chi connectivity index (χ1) is 17.1. The summed E-state index contributed by atoms with van der Waals surface area (Å²) in [5, 5.41) is 2.76. The highest BCUT2D eigenvalue weighted by atomic mass is 32.2. The number of aryl methyl sites for hydroxylation is 1. The summed E-state index contributed by atoms with van der Waals surface area (Å²) in [6.45, 7) is 4.70. The number of hydrogen-bond acceptors (Lipinski definition) is 2. The van der Waals surface area contributed by atoms with Gasteiger partial charge in [0.1, 0.15) is 0 Å². The summed E-state index contributed by atoms with van der Waals surface area (Å²) in [6, 6.07) is 29.5. The Bertz CT molecular complexity index is 1590. The zero-order valence-electron chi connectivity index (χ0n) is 20.6. The molecule has 0 amide bonds. The Morgan fingerprint density at radius 1 is 0.829 bits per heavy atom. The van der Waals surface area contributed by atoms with Crippen molar-refractivity contribution in [1.29, 1.82) is 0 Å². The molecule has 1 fully saturated rings. The Kier molecular flexibility index (Phi) is 4.79. The molecule has 1 aromatic heterocycles. The van der Waals surface area contributed by atoms with Gasteiger partial charge in [-0.3, -0.25) is 0 Å². The van der Waals surface area contributed by atoms with Gasteiger partial charge in [0.05, 0.1) is 16.9 Å². The predicted octanol–water partition coefficient (Wildman–Crippen LogP) is 9.66. The first-order valence-electron chi connectivity index (χ1n) is 12.9. The van der Waals surface area contributed by atoms with Crippen LogP contribution in [0.5, 0.6) is 0 Å². The van der Waals surface area contributed by atoms with Gasteiger partial charge in [-0.15, -0.1) is 0 Å². The van der Waals surface area contributed by atoms with Crippen molar-refractivity contribution in [3.8, 4) is 0 Å². The van der Waals surface area contributed by atoms with Gasteiger partial charge in [0, 0.05) is 38.8 Å². The second kappa shape index (κ2) is 7.93. The van der Waals surface area contributed by atoms with Gasteiger partial charge < -0.3 is 9.47 Å². The van der Waals surface area contributed by atoms with Crippen LogP contribution >= 0.6 is 11.8 Å². The molecular weight excluding hydrogens is 444 g/mol. The molecule has 5 aromatic rings. The number of anilines is 3. The second-order valence-electron chi connectivity index (χ2n) is 10.2. The Morgan fingerprint density at radius 2 is 1.54 bits per heavy atom. The monoisotopic (exact) mass is 474 g/mol. The van der Waals surface area contributed by atoms with E-state index in [1.54, 1.807) is 11.1 Å². The summed E-state index contributed by atoms with van der Waals surface area (Å²) in [5.74, 6) is 1.35. The Morgan fingerprint density at radius 3 is 2.31 bits per heavy atom. The average molecular weight is 475 g/mol. The van der Waals surface area contributed by atoms with Crippen molar-refractivity contribution < 1.29 is 0 Å². The van der Waals surface area contributed by atoms with Crippen LogP contribution in [-0.2, 0) is 7.05 Å². The Hall–Kier alpha value is -3.17. The molecular formula is C32H30N2S. The molecule has 2 nitrogen and oxygen atoms in total. The van der Waals surface area contributed by atoms with Gasteiger partial charge in [-0.2, -0.15) is 0 Å². The van der Waals surface area contributed by atoms with Crippen LogP contribution in [0.3, 0.4) is 0 Å². The summed E-state index contributed by atoms with van der Waals surface area (Å²) in [6.07, 6.45) is 3.86. The van der Waals surface area contributed by atoms with Gasteiger partial charge in [0.15, 0.2) is 0 Å². The highest BCUT2D eigenvalue weighted by Crippen LogP contribution is 2.53. The van der Waals surface area contributed by atoms with Crippen LogP contribution in [0.2, 0.25) is 0 Å². The normalized spacial score (nSPS) is 15.9. The molecule has 1 unspecified atom stereocenters. The van der Waals surface area contributed by atoms with E-state index in [1.807, 2.05) is 11.8 Å². The molecule has 0 saturated heterocycles. The van der Waals surface area contributed by atoms with Crippen LogP contribution < -0.4 is 4.90 Å². The minimum atomic E-state index is 0.597. The van der Waals surface area contributed by atoms with Gasteiger partial charge in [-0.05, 0) is 90.8 Å². The lowest BCUT2D eigenvalue weighted by atomic mass is 9.90. The average Bonchev–Trinajstić information content (AvgIpc) is 3.72. The number of rotatable bonds is 4. The van der Waals surface area contributed by atoms with Crippen LogP contribution in [0, 0.1) is 0 Å². The van der Waals surface area contributed by atoms with Crippen molar-refractivity contribution in [2.24, 2.45) is 7.05 Å². The number of hydrogen-bond donors (Lipinski definition) is 0. The zero-order chi connectivity index (χ0) is 23.7. The zero-order valence-corrected chi connectivity index (χ0v) is 21.4. The van der Waals surface area contributed by atoms with Crippen molar-refractivity contribution in [2.45, 2.75) is 54.7 Å². The predicted molar refractivity (Wildman–Crippen MR) is 150 cm³/mol. The van der Waals surface area contributed by atoms with Gasteiger partial charge in [0.25, 0.3) is 0 Å². The van der Waals surface area contributed by atoms with Crippen LogP contribution in [0.4, 0.5) is 17.1 Å². The van der Waals surface area contributed by atoms with E-state index in [2.05, 4.69) is 109 Å². The van der Waals surface area contributed by atoms with E-state index in [0.717, 1.165) is 5.92 Å². The maximum atomic E-state index is 2.54. The van der Waals surface area contributed by atoms with Crippen molar-refractivity contribution in [3.05, 3.63) is 90.0 Å². The van der Waals surface area contributed by atoms with Crippen LogP contribution in [0.1, 0.15) is 56.1 Å². The van der Waals surface area contributed by atoms with Crippen molar-refractivity contribution in [2.75, 3.05) is 4.90 Å². The van der Waals surface area contributed by atoms with E-state index in [4.69, 9.17) is 0 Å². The first kappa shape index (κ1) is 21.1. The lowest BCUT2D eigenvalue weighted by Gasteiger charge is -2.33. The maximum absolute atomic E-state index is 2.54. The van der Waals surface area contributed by atoms with E-state index in [9.17, 15) is 0 Å². The summed E-state index contributed by atoms with van der Waals surface area (Å²) >= 11 is 1.89. The summed E-state index contributed by atoms with van der Waals surface area (Å²) in [4.78, 5) is 5.06. The molecule has 0 radical (unpaired) electrons. The molecule has 2 aliphatic rings. The number of nitrogens with zero attached hydrogens (tertiary/aromatic N) is 2. The SMILES string of the molecule is CCC(C)c1cc2c(cc1C1CC1)c1cc3c(cc1n2C)Sc1ccccc1N3c1ccccc1. The van der Waals surface area contributed by atoms with Gasteiger partial charge >= 0.3 is 0 Å². The molecule has 0 spiro atoms. The van der Waals surface area contributed by atoms with Crippen molar-refractivity contribution in [3.63, 3.8) is 0 Å². The third-order valence-corrected chi connectivity index (χ3v) is 9.15. The molecule has 174 valence electrons. The summed E-state index contributed by atoms with van der Waals surface area (Å²) in [7, 11) is 2.24. The standard InChI is InChI=1S/C32H30N2S/c1-4-20(2)23-17-28-25(16-24(23)21-14-15-21)26-18-30-32(19-29(26)33(28)3)35-31-13-9-8-12-27(31)34(30)22-10-6-5-7-11-22/h5-13,16-21H,4,14-15H2,1-3H3. The summed E-state index contributed by atoms with van der Waals surface area (Å²) < 4.78 is 2.42. The van der Waals surface area contributed by atoms with Crippen LogP contribution in [0.15, 0.2) is 88.7 Å².